The van der Waals surface area contributed by atoms with Gasteiger partial charge in [-0.05, 0) is 72.4 Å². The molecule has 236 valence electrons. The van der Waals surface area contributed by atoms with Gasteiger partial charge in [-0.1, -0.05) is 15.9 Å². The number of hydrogen-bond donors (Lipinski definition) is 2. The molecule has 0 aliphatic carbocycles. The lowest BCUT2D eigenvalue weighted by Crippen LogP contribution is -2.20. The van der Waals surface area contributed by atoms with E-state index in [4.69, 9.17) is 18.3 Å². The zero-order valence-corrected chi connectivity index (χ0v) is 26.7. The largest absolute Gasteiger partial charge is 0.482 e. The van der Waals surface area contributed by atoms with Crippen LogP contribution in [0.15, 0.2) is 79.6 Å². The van der Waals surface area contributed by atoms with Gasteiger partial charge in [0.25, 0.3) is 5.56 Å². The summed E-state index contributed by atoms with van der Waals surface area (Å²) in [7, 11) is 1.73. The van der Waals surface area contributed by atoms with Crippen LogP contribution in [0.1, 0.15) is 41.3 Å². The van der Waals surface area contributed by atoms with Gasteiger partial charge in [-0.3, -0.25) is 14.4 Å². The first kappa shape index (κ1) is 30.8. The smallest absolute Gasteiger partial charge is 0.253 e. The Hall–Kier alpha value is -5.17. The summed E-state index contributed by atoms with van der Waals surface area (Å²) in [5, 5.41) is 5.75. The average molecular weight is 689 g/mol. The van der Waals surface area contributed by atoms with Crippen molar-refractivity contribution in [3.8, 4) is 22.6 Å². The normalized spacial score (nSPS) is 13.5. The molecule has 0 atom stereocenters. The molecule has 2 amide bonds. The van der Waals surface area contributed by atoms with E-state index < -0.39 is 0 Å². The van der Waals surface area contributed by atoms with Crippen molar-refractivity contribution in [1.82, 2.24) is 14.5 Å². The molecule has 5 aromatic rings. The number of carbonyl (C=O) groups is 2. The molecule has 0 spiro atoms. The molecular formula is C33H30BrN5O7. The Morgan fingerprint density at radius 3 is 1.89 bits per heavy atom. The minimum atomic E-state index is -0.0332. The van der Waals surface area contributed by atoms with E-state index in [-0.39, 0.29) is 30.6 Å². The van der Waals surface area contributed by atoms with E-state index in [1.165, 1.54) is 12.5 Å². The third-order valence-electron chi connectivity index (χ3n) is 7.47. The fourth-order valence-corrected chi connectivity index (χ4v) is 5.73. The molecule has 2 aliphatic rings. The van der Waals surface area contributed by atoms with Gasteiger partial charge in [0.15, 0.2) is 13.2 Å². The summed E-state index contributed by atoms with van der Waals surface area (Å²) < 4.78 is 24.4. The molecule has 7 rings (SSSR count). The van der Waals surface area contributed by atoms with Crippen LogP contribution in [0.2, 0.25) is 0 Å². The molecule has 2 aliphatic heterocycles. The Bertz CT molecular complexity index is 1930. The van der Waals surface area contributed by atoms with E-state index in [9.17, 15) is 14.4 Å². The molecule has 2 N–H and O–H groups in total. The Morgan fingerprint density at radius 1 is 0.783 bits per heavy atom. The van der Waals surface area contributed by atoms with Crippen LogP contribution in [0.4, 0.5) is 11.4 Å². The van der Waals surface area contributed by atoms with Crippen LogP contribution in [0, 0.1) is 6.92 Å². The number of rotatable bonds is 7. The van der Waals surface area contributed by atoms with Gasteiger partial charge in [0.1, 0.15) is 24.0 Å². The third-order valence-corrected chi connectivity index (χ3v) is 7.93. The molecule has 0 fully saturated rings. The molecule has 5 heterocycles. The van der Waals surface area contributed by atoms with Gasteiger partial charge in [-0.2, -0.15) is 0 Å². The number of fused-ring (bicyclic) bond motifs is 2. The standard InChI is InChI=1S/C20H19N3O4.C13H11BrN2O3/c1-12-7-15(10-23(2)20(12)25)14-8-13-3-4-17(24)22-19(13)16(9-14)27-11-18-21-5-6-26-18;14-9-5-8-1-2-11(17)16-13(8)10(6-9)19-7-12-15-3-4-18-12/h5-10H,3-4,11H2,1-2H3,(H,22,24);3-6H,1-2,7H2,(H,16,17). The summed E-state index contributed by atoms with van der Waals surface area (Å²) in [5.74, 6) is 2.10. The van der Waals surface area contributed by atoms with Crippen LogP contribution in [0.3, 0.4) is 0 Å². The number of aryl methyl sites for hydroxylation is 4. The summed E-state index contributed by atoms with van der Waals surface area (Å²) in [5.41, 5.74) is 5.97. The molecule has 0 saturated heterocycles. The van der Waals surface area contributed by atoms with Crippen molar-refractivity contribution in [3.63, 3.8) is 0 Å². The van der Waals surface area contributed by atoms with Crippen molar-refractivity contribution >= 4 is 39.1 Å². The Balaban J connectivity index is 0.000000172. The highest BCUT2D eigenvalue weighted by Crippen LogP contribution is 2.38. The molecule has 46 heavy (non-hydrogen) atoms. The van der Waals surface area contributed by atoms with Crippen molar-refractivity contribution in [1.29, 1.82) is 0 Å². The van der Waals surface area contributed by atoms with E-state index in [2.05, 4.69) is 36.5 Å². The number of nitrogens with one attached hydrogen (secondary N) is 2. The van der Waals surface area contributed by atoms with E-state index >= 15 is 0 Å². The fraction of sp³-hybridized carbons (Fsp3) is 0.242. The van der Waals surface area contributed by atoms with Gasteiger partial charge < -0.3 is 33.5 Å². The first-order valence-electron chi connectivity index (χ1n) is 14.5. The topological polar surface area (TPSA) is 151 Å². The Morgan fingerprint density at radius 2 is 1.35 bits per heavy atom. The fourth-order valence-electron chi connectivity index (χ4n) is 5.24. The highest BCUT2D eigenvalue weighted by Gasteiger charge is 2.22. The van der Waals surface area contributed by atoms with Crippen molar-refractivity contribution in [3.05, 3.63) is 105 Å². The van der Waals surface area contributed by atoms with E-state index in [0.717, 1.165) is 38.8 Å². The number of oxazole rings is 2. The Labute approximate surface area is 271 Å². The van der Waals surface area contributed by atoms with Crippen LogP contribution < -0.4 is 25.7 Å². The number of amides is 2. The van der Waals surface area contributed by atoms with Gasteiger partial charge in [-0.15, -0.1) is 0 Å². The minimum Gasteiger partial charge on any atom is -0.482 e. The maximum atomic E-state index is 12.0. The number of hydrogen-bond acceptors (Lipinski definition) is 9. The molecule has 0 radical (unpaired) electrons. The maximum Gasteiger partial charge on any atom is 0.253 e. The predicted octanol–water partition coefficient (Wildman–Crippen LogP) is 5.71. The zero-order chi connectivity index (χ0) is 32.2. The summed E-state index contributed by atoms with van der Waals surface area (Å²) in [6.45, 7) is 2.18. The van der Waals surface area contributed by atoms with Crippen LogP contribution in [0.25, 0.3) is 11.1 Å². The Kier molecular flexibility index (Phi) is 9.01. The molecule has 2 aromatic carbocycles. The van der Waals surface area contributed by atoms with Gasteiger partial charge in [0, 0.05) is 36.1 Å². The molecule has 0 unspecified atom stereocenters. The van der Waals surface area contributed by atoms with Gasteiger partial charge in [-0.25, -0.2) is 9.97 Å². The van der Waals surface area contributed by atoms with E-state index in [1.54, 1.807) is 37.1 Å². The highest BCUT2D eigenvalue weighted by molar-refractivity contribution is 9.10. The second-order valence-corrected chi connectivity index (χ2v) is 11.7. The zero-order valence-electron chi connectivity index (χ0n) is 25.1. The van der Waals surface area contributed by atoms with Crippen LogP contribution in [-0.2, 0) is 42.7 Å². The number of aromatic nitrogens is 3. The minimum absolute atomic E-state index is 0.01000. The van der Waals surface area contributed by atoms with Crippen molar-refractivity contribution in [2.24, 2.45) is 7.05 Å². The summed E-state index contributed by atoms with van der Waals surface area (Å²) >= 11 is 3.44. The number of ether oxygens (including phenoxy) is 2. The third kappa shape index (κ3) is 7.04. The molecule has 12 nitrogen and oxygen atoms in total. The summed E-state index contributed by atoms with van der Waals surface area (Å²) in [6, 6.07) is 9.59. The van der Waals surface area contributed by atoms with Gasteiger partial charge >= 0.3 is 0 Å². The van der Waals surface area contributed by atoms with E-state index in [1.807, 2.05) is 30.3 Å². The number of halogens is 1. The monoisotopic (exact) mass is 687 g/mol. The summed E-state index contributed by atoms with van der Waals surface area (Å²) in [6.07, 6.45) is 10.2. The summed E-state index contributed by atoms with van der Waals surface area (Å²) in [4.78, 5) is 43.4. The number of anilines is 2. The van der Waals surface area contributed by atoms with Crippen molar-refractivity contribution in [2.75, 3.05) is 10.6 Å². The number of carbonyl (C=O) groups excluding carboxylic acids is 2. The van der Waals surface area contributed by atoms with Crippen molar-refractivity contribution in [2.45, 2.75) is 45.8 Å². The molecule has 0 saturated carbocycles. The molecule has 13 heteroatoms. The number of benzene rings is 2. The van der Waals surface area contributed by atoms with Crippen LogP contribution in [-0.4, -0.2) is 26.3 Å². The van der Waals surface area contributed by atoms with Gasteiger partial charge in [0.05, 0.1) is 23.8 Å². The van der Waals surface area contributed by atoms with E-state index in [0.29, 0.717) is 53.8 Å². The molecule has 0 bridgehead atoms. The SMILES string of the molecule is Cc1cc(-c2cc3c(c(OCc4ncco4)c2)NC(=O)CC3)cn(C)c1=O.O=C1CCc2cc(Br)cc(OCc3ncco3)c2N1. The maximum absolute atomic E-state index is 12.0. The molecule has 3 aromatic heterocycles. The lowest BCUT2D eigenvalue weighted by atomic mass is 9.96. The predicted molar refractivity (Wildman–Crippen MR) is 172 cm³/mol. The lowest BCUT2D eigenvalue weighted by molar-refractivity contribution is -0.117. The number of nitrogens with zero attached hydrogens (tertiary/aromatic N) is 3. The highest BCUT2D eigenvalue weighted by atomic mass is 79.9. The number of pyridine rings is 1. The lowest BCUT2D eigenvalue weighted by Gasteiger charge is -2.22. The quantitative estimate of drug-likeness (QED) is 0.219. The second-order valence-electron chi connectivity index (χ2n) is 10.8. The average Bonchev–Trinajstić information content (AvgIpc) is 3.77. The first-order valence-corrected chi connectivity index (χ1v) is 15.3. The second kappa shape index (κ2) is 13.4. The van der Waals surface area contributed by atoms with Crippen LogP contribution in [0.5, 0.6) is 11.5 Å². The molecular weight excluding hydrogens is 658 g/mol. The first-order chi connectivity index (χ1) is 22.2. The van der Waals surface area contributed by atoms with Gasteiger partial charge in [0.2, 0.25) is 23.6 Å². The van der Waals surface area contributed by atoms with Crippen LogP contribution >= 0.6 is 15.9 Å². The van der Waals surface area contributed by atoms with Crippen molar-refractivity contribution < 1.29 is 27.9 Å².